The number of carbonyl (C=O) groups is 1. The van der Waals surface area contributed by atoms with Crippen LogP contribution in [0.15, 0.2) is 18.2 Å². The van der Waals surface area contributed by atoms with E-state index >= 15 is 0 Å². The molecule has 0 aliphatic carbocycles. The number of amides is 1. The molecule has 0 radical (unpaired) electrons. The number of benzene rings is 1. The van der Waals surface area contributed by atoms with Gasteiger partial charge in [0.1, 0.15) is 5.82 Å². The van der Waals surface area contributed by atoms with Crippen LogP contribution in [0, 0.1) is 18.7 Å². The molecule has 0 heterocycles. The van der Waals surface area contributed by atoms with Crippen molar-refractivity contribution in [2.45, 2.75) is 33.2 Å². The predicted molar refractivity (Wildman–Crippen MR) is 70.4 cm³/mol. The quantitative estimate of drug-likeness (QED) is 0.815. The number of hydrogen-bond donors (Lipinski definition) is 2. The van der Waals surface area contributed by atoms with Gasteiger partial charge in [-0.25, -0.2) is 4.39 Å². The van der Waals surface area contributed by atoms with Gasteiger partial charge in [0.2, 0.25) is 5.91 Å². The Morgan fingerprint density at radius 1 is 1.50 bits per heavy atom. The van der Waals surface area contributed by atoms with E-state index in [-0.39, 0.29) is 17.6 Å². The zero-order valence-electron chi connectivity index (χ0n) is 11.0. The molecule has 4 heteroatoms. The average Bonchev–Trinajstić information content (AvgIpc) is 2.37. The molecule has 0 saturated carbocycles. The third kappa shape index (κ3) is 4.11. The molecular weight excluding hydrogens is 231 g/mol. The summed E-state index contributed by atoms with van der Waals surface area (Å²) in [6.07, 6.45) is 1.71. The normalized spacial score (nSPS) is 12.2. The topological polar surface area (TPSA) is 55.1 Å². The monoisotopic (exact) mass is 252 g/mol. The number of carbonyl (C=O) groups excluding carboxylic acids is 1. The zero-order chi connectivity index (χ0) is 13.5. The van der Waals surface area contributed by atoms with Gasteiger partial charge >= 0.3 is 0 Å². The van der Waals surface area contributed by atoms with Gasteiger partial charge in [-0.3, -0.25) is 4.79 Å². The van der Waals surface area contributed by atoms with E-state index in [9.17, 15) is 9.18 Å². The van der Waals surface area contributed by atoms with Crippen LogP contribution in [0.4, 0.5) is 4.39 Å². The second-order valence-corrected chi connectivity index (χ2v) is 4.52. The Balaban J connectivity index is 2.53. The molecule has 1 unspecified atom stereocenters. The molecule has 1 rings (SSSR count). The van der Waals surface area contributed by atoms with Crippen LogP contribution in [0.5, 0.6) is 0 Å². The Hall–Kier alpha value is -1.42. The minimum atomic E-state index is -0.245. The molecule has 1 atom stereocenters. The van der Waals surface area contributed by atoms with Gasteiger partial charge in [0.05, 0.1) is 5.92 Å². The van der Waals surface area contributed by atoms with E-state index in [1.807, 2.05) is 13.0 Å². The lowest BCUT2D eigenvalue weighted by molar-refractivity contribution is -0.125. The van der Waals surface area contributed by atoms with Crippen molar-refractivity contribution >= 4 is 5.91 Å². The summed E-state index contributed by atoms with van der Waals surface area (Å²) in [4.78, 5) is 11.8. The maximum atomic E-state index is 13.3. The summed E-state index contributed by atoms with van der Waals surface area (Å²) >= 11 is 0. The molecule has 0 spiro atoms. The van der Waals surface area contributed by atoms with Gasteiger partial charge in [0.25, 0.3) is 0 Å². The second-order valence-electron chi connectivity index (χ2n) is 4.52. The number of nitrogens with two attached hydrogens (primary N) is 1. The van der Waals surface area contributed by atoms with Crippen LogP contribution < -0.4 is 11.1 Å². The van der Waals surface area contributed by atoms with Crippen molar-refractivity contribution in [2.24, 2.45) is 11.7 Å². The Morgan fingerprint density at radius 3 is 2.78 bits per heavy atom. The molecule has 3 nitrogen and oxygen atoms in total. The molecule has 1 aromatic carbocycles. The molecule has 0 saturated heterocycles. The largest absolute Gasteiger partial charge is 0.352 e. The first-order valence-electron chi connectivity index (χ1n) is 6.31. The second kappa shape index (κ2) is 7.11. The van der Waals surface area contributed by atoms with Crippen LogP contribution in [0.2, 0.25) is 0 Å². The lowest BCUT2D eigenvalue weighted by Gasteiger charge is -2.14. The van der Waals surface area contributed by atoms with Gasteiger partial charge in [-0.15, -0.1) is 0 Å². The predicted octanol–water partition coefficient (Wildman–Crippen LogP) is 2.13. The standard InChI is InChI=1S/C14H21FN2O/c1-3-4-12(8-16)14(18)17-9-11-6-5-10(2)13(15)7-11/h5-7,12H,3-4,8-9,16H2,1-2H3,(H,17,18). The Labute approximate surface area is 108 Å². The van der Waals surface area contributed by atoms with Crippen LogP contribution in [0.3, 0.4) is 0 Å². The Kier molecular flexibility index (Phi) is 5.78. The van der Waals surface area contributed by atoms with Crippen LogP contribution in [0.25, 0.3) is 0 Å². The van der Waals surface area contributed by atoms with Crippen molar-refractivity contribution in [1.82, 2.24) is 5.32 Å². The van der Waals surface area contributed by atoms with Crippen LogP contribution in [-0.4, -0.2) is 12.5 Å². The summed E-state index contributed by atoms with van der Waals surface area (Å²) < 4.78 is 13.3. The summed E-state index contributed by atoms with van der Waals surface area (Å²) in [6, 6.07) is 4.98. The number of rotatable bonds is 6. The first-order valence-corrected chi connectivity index (χ1v) is 6.31. The number of aryl methyl sites for hydroxylation is 1. The van der Waals surface area contributed by atoms with Gasteiger partial charge in [0, 0.05) is 13.1 Å². The lowest BCUT2D eigenvalue weighted by atomic mass is 10.0. The van der Waals surface area contributed by atoms with E-state index in [4.69, 9.17) is 5.73 Å². The first kappa shape index (κ1) is 14.6. The average molecular weight is 252 g/mol. The van der Waals surface area contributed by atoms with E-state index in [2.05, 4.69) is 5.32 Å². The lowest BCUT2D eigenvalue weighted by Crippen LogP contribution is -2.34. The highest BCUT2D eigenvalue weighted by atomic mass is 19.1. The highest BCUT2D eigenvalue weighted by Crippen LogP contribution is 2.10. The van der Waals surface area contributed by atoms with Crippen molar-refractivity contribution in [3.8, 4) is 0 Å². The van der Waals surface area contributed by atoms with Crippen LogP contribution >= 0.6 is 0 Å². The summed E-state index contributed by atoms with van der Waals surface area (Å²) in [5, 5.41) is 2.80. The maximum absolute atomic E-state index is 13.3. The van der Waals surface area contributed by atoms with Gasteiger partial charge < -0.3 is 11.1 Å². The molecule has 0 bridgehead atoms. The highest BCUT2D eigenvalue weighted by Gasteiger charge is 2.15. The minimum Gasteiger partial charge on any atom is -0.352 e. The number of nitrogens with one attached hydrogen (secondary N) is 1. The maximum Gasteiger partial charge on any atom is 0.224 e. The highest BCUT2D eigenvalue weighted by molar-refractivity contribution is 5.78. The molecular formula is C14H21FN2O. The molecule has 0 aliphatic rings. The van der Waals surface area contributed by atoms with Crippen molar-refractivity contribution in [1.29, 1.82) is 0 Å². The third-order valence-electron chi connectivity index (χ3n) is 3.00. The van der Waals surface area contributed by atoms with E-state index in [1.165, 1.54) is 6.07 Å². The van der Waals surface area contributed by atoms with Crippen molar-refractivity contribution in [3.05, 3.63) is 35.1 Å². The minimum absolute atomic E-state index is 0.0552. The molecule has 100 valence electrons. The molecule has 3 N–H and O–H groups in total. The Bertz CT molecular complexity index is 407. The van der Waals surface area contributed by atoms with Crippen LogP contribution in [-0.2, 0) is 11.3 Å². The van der Waals surface area contributed by atoms with E-state index < -0.39 is 0 Å². The van der Waals surface area contributed by atoms with Gasteiger partial charge in [-0.2, -0.15) is 0 Å². The molecule has 0 fully saturated rings. The van der Waals surface area contributed by atoms with E-state index in [0.29, 0.717) is 18.7 Å². The fourth-order valence-electron chi connectivity index (χ4n) is 1.78. The van der Waals surface area contributed by atoms with Crippen molar-refractivity contribution < 1.29 is 9.18 Å². The fraction of sp³-hybridized carbons (Fsp3) is 0.500. The number of hydrogen-bond acceptors (Lipinski definition) is 2. The van der Waals surface area contributed by atoms with Gasteiger partial charge in [-0.05, 0) is 30.5 Å². The van der Waals surface area contributed by atoms with E-state index in [0.717, 1.165) is 18.4 Å². The van der Waals surface area contributed by atoms with Gasteiger partial charge in [-0.1, -0.05) is 25.5 Å². The molecule has 0 aromatic heterocycles. The van der Waals surface area contributed by atoms with Crippen molar-refractivity contribution in [3.63, 3.8) is 0 Å². The summed E-state index contributed by atoms with van der Waals surface area (Å²) in [6.45, 7) is 4.42. The summed E-state index contributed by atoms with van der Waals surface area (Å²) in [7, 11) is 0. The summed E-state index contributed by atoms with van der Waals surface area (Å²) in [5.74, 6) is -0.448. The first-order chi connectivity index (χ1) is 8.58. The molecule has 1 aromatic rings. The Morgan fingerprint density at radius 2 is 2.22 bits per heavy atom. The SMILES string of the molecule is CCCC(CN)C(=O)NCc1ccc(C)c(F)c1. The fourth-order valence-corrected chi connectivity index (χ4v) is 1.78. The third-order valence-corrected chi connectivity index (χ3v) is 3.00. The molecule has 1 amide bonds. The molecule has 0 aliphatic heterocycles. The number of halogens is 1. The zero-order valence-corrected chi connectivity index (χ0v) is 11.0. The molecule has 18 heavy (non-hydrogen) atoms. The van der Waals surface area contributed by atoms with E-state index in [1.54, 1.807) is 13.0 Å². The smallest absolute Gasteiger partial charge is 0.224 e. The van der Waals surface area contributed by atoms with Gasteiger partial charge in [0.15, 0.2) is 0 Å². The van der Waals surface area contributed by atoms with Crippen LogP contribution in [0.1, 0.15) is 30.9 Å². The summed E-state index contributed by atoms with van der Waals surface area (Å²) in [5.41, 5.74) is 6.92. The van der Waals surface area contributed by atoms with Crippen molar-refractivity contribution in [2.75, 3.05) is 6.54 Å².